The summed E-state index contributed by atoms with van der Waals surface area (Å²) in [5.74, 6) is 0.298. The molecule has 8 heteroatoms. The average Bonchev–Trinajstić information content (AvgIpc) is 3.03. The number of carbonyl (C=O) groups excluding carboxylic acids is 1. The summed E-state index contributed by atoms with van der Waals surface area (Å²) in [5, 5.41) is 18.8. The molecular formula is C16H11N3O5. The summed E-state index contributed by atoms with van der Waals surface area (Å²) in [5.41, 5.74) is 1.75. The maximum atomic E-state index is 11.6. The molecule has 0 aliphatic carbocycles. The van der Waals surface area contributed by atoms with Crippen molar-refractivity contribution in [2.24, 2.45) is 0 Å². The zero-order chi connectivity index (χ0) is 16.7. The molecule has 3 aromatic rings. The zero-order valence-electron chi connectivity index (χ0n) is 12.5. The summed E-state index contributed by atoms with van der Waals surface area (Å²) in [6.45, 7) is 0. The first-order chi connectivity index (χ1) is 11.7. The number of aromatic nitrogens is 3. The van der Waals surface area contributed by atoms with E-state index in [-0.39, 0.29) is 5.75 Å². The Labute approximate surface area is 135 Å². The lowest BCUT2D eigenvalue weighted by atomic mass is 10.2. The van der Waals surface area contributed by atoms with Crippen molar-refractivity contribution in [2.45, 2.75) is 0 Å². The second kappa shape index (κ2) is 5.27. The van der Waals surface area contributed by atoms with Crippen LogP contribution in [0.5, 0.6) is 17.2 Å². The van der Waals surface area contributed by atoms with Gasteiger partial charge in [-0.1, -0.05) is 0 Å². The van der Waals surface area contributed by atoms with Crippen LogP contribution in [0.1, 0.15) is 10.4 Å². The van der Waals surface area contributed by atoms with Gasteiger partial charge in [0.2, 0.25) is 0 Å². The number of rotatable bonds is 2. The van der Waals surface area contributed by atoms with Crippen molar-refractivity contribution in [2.75, 3.05) is 7.11 Å². The fourth-order valence-corrected chi connectivity index (χ4v) is 2.35. The molecule has 0 saturated heterocycles. The van der Waals surface area contributed by atoms with Gasteiger partial charge in [-0.15, -0.1) is 15.0 Å². The number of hydrogen-bond acceptors (Lipinski definition) is 7. The number of methoxy groups -OCH3 is 1. The van der Waals surface area contributed by atoms with Crippen LogP contribution in [0.25, 0.3) is 16.7 Å². The molecule has 0 unspecified atom stereocenters. The minimum absolute atomic E-state index is 0.0684. The van der Waals surface area contributed by atoms with Gasteiger partial charge < -0.3 is 19.3 Å². The Hall–Kier alpha value is -3.55. The first kappa shape index (κ1) is 14.1. The number of nitrogens with zero attached hydrogens (tertiary/aromatic N) is 3. The van der Waals surface area contributed by atoms with Gasteiger partial charge in [0, 0.05) is 12.1 Å². The van der Waals surface area contributed by atoms with Crippen molar-refractivity contribution < 1.29 is 24.1 Å². The number of fused-ring (bicyclic) bond motifs is 2. The summed E-state index contributed by atoms with van der Waals surface area (Å²) in [7, 11) is 1.31. The van der Waals surface area contributed by atoms with Gasteiger partial charge >= 0.3 is 5.97 Å². The zero-order valence-corrected chi connectivity index (χ0v) is 12.5. The van der Waals surface area contributed by atoms with Crippen molar-refractivity contribution in [1.29, 1.82) is 0 Å². The molecule has 0 radical (unpaired) electrons. The smallest absolute Gasteiger partial charge is 0.337 e. The molecule has 0 amide bonds. The molecule has 1 N–H and O–H groups in total. The standard InChI is InChI=1S/C16H11N3O5/c1-22-16(21)9-2-3-10-11(6-9)18-19(17-10)12-7-14-15(8-13(12)20)24-5-4-23-14/h2-8,20H,1H3. The first-order valence-corrected chi connectivity index (χ1v) is 6.97. The van der Waals surface area contributed by atoms with Gasteiger partial charge in [0.25, 0.3) is 0 Å². The summed E-state index contributed by atoms with van der Waals surface area (Å²) >= 11 is 0. The summed E-state index contributed by atoms with van der Waals surface area (Å²) in [6.07, 6.45) is 2.76. The third-order valence-corrected chi connectivity index (χ3v) is 3.50. The van der Waals surface area contributed by atoms with E-state index in [1.807, 2.05) is 0 Å². The van der Waals surface area contributed by atoms with Crippen molar-refractivity contribution in [1.82, 2.24) is 15.0 Å². The van der Waals surface area contributed by atoms with Gasteiger partial charge in [-0.05, 0) is 18.2 Å². The largest absolute Gasteiger partial charge is 0.505 e. The minimum Gasteiger partial charge on any atom is -0.505 e. The molecule has 24 heavy (non-hydrogen) atoms. The van der Waals surface area contributed by atoms with E-state index in [2.05, 4.69) is 14.9 Å². The van der Waals surface area contributed by atoms with E-state index in [1.165, 1.54) is 30.5 Å². The number of carbonyl (C=O) groups is 1. The van der Waals surface area contributed by atoms with E-state index in [1.54, 1.807) is 24.3 Å². The lowest BCUT2D eigenvalue weighted by molar-refractivity contribution is 0.0601. The average molecular weight is 325 g/mol. The Morgan fingerprint density at radius 1 is 1.08 bits per heavy atom. The molecule has 0 saturated carbocycles. The van der Waals surface area contributed by atoms with E-state index in [9.17, 15) is 9.90 Å². The highest BCUT2D eigenvalue weighted by atomic mass is 16.5. The van der Waals surface area contributed by atoms with Crippen LogP contribution in [0.4, 0.5) is 0 Å². The highest BCUT2D eigenvalue weighted by Gasteiger charge is 2.17. The molecule has 0 atom stereocenters. The third kappa shape index (κ3) is 2.21. The van der Waals surface area contributed by atoms with Gasteiger partial charge in [0.1, 0.15) is 35.0 Å². The number of aromatic hydroxyl groups is 1. The number of ether oxygens (including phenoxy) is 3. The summed E-state index contributed by atoms with van der Waals surface area (Å²) in [4.78, 5) is 12.9. The van der Waals surface area contributed by atoms with Crippen LogP contribution in [0.2, 0.25) is 0 Å². The van der Waals surface area contributed by atoms with Gasteiger partial charge in [-0.2, -0.15) is 0 Å². The summed E-state index contributed by atoms with van der Waals surface area (Å²) < 4.78 is 15.3. The van der Waals surface area contributed by atoms with Crippen LogP contribution in [-0.2, 0) is 4.74 Å². The Balaban J connectivity index is 1.81. The second-order valence-corrected chi connectivity index (χ2v) is 4.98. The molecule has 2 aromatic carbocycles. The maximum Gasteiger partial charge on any atom is 0.337 e. The lowest BCUT2D eigenvalue weighted by Gasteiger charge is -2.14. The van der Waals surface area contributed by atoms with E-state index < -0.39 is 5.97 Å². The molecule has 1 aromatic heterocycles. The van der Waals surface area contributed by atoms with E-state index >= 15 is 0 Å². The van der Waals surface area contributed by atoms with E-state index in [4.69, 9.17) is 9.47 Å². The van der Waals surface area contributed by atoms with Crippen molar-refractivity contribution in [3.05, 3.63) is 48.4 Å². The Bertz CT molecular complexity index is 993. The number of benzene rings is 2. The summed E-state index contributed by atoms with van der Waals surface area (Å²) in [6, 6.07) is 7.81. The normalized spacial score (nSPS) is 12.4. The molecule has 0 bridgehead atoms. The van der Waals surface area contributed by atoms with E-state index in [0.29, 0.717) is 33.8 Å². The Kier molecular flexibility index (Phi) is 3.09. The van der Waals surface area contributed by atoms with Crippen molar-refractivity contribution >= 4 is 17.0 Å². The molecule has 0 spiro atoms. The van der Waals surface area contributed by atoms with Crippen molar-refractivity contribution in [3.8, 4) is 22.9 Å². The molecule has 1 aliphatic rings. The fourth-order valence-electron chi connectivity index (χ4n) is 2.35. The van der Waals surface area contributed by atoms with Gasteiger partial charge in [-0.3, -0.25) is 0 Å². The predicted molar refractivity (Wildman–Crippen MR) is 82.3 cm³/mol. The van der Waals surface area contributed by atoms with Crippen LogP contribution >= 0.6 is 0 Å². The minimum atomic E-state index is -0.458. The monoisotopic (exact) mass is 325 g/mol. The Morgan fingerprint density at radius 3 is 2.54 bits per heavy atom. The SMILES string of the molecule is COC(=O)c1ccc2nn(-c3cc4c(cc3O)OC=CO4)nc2c1. The highest BCUT2D eigenvalue weighted by Crippen LogP contribution is 2.37. The molecule has 4 rings (SSSR count). The number of phenols is 1. The van der Waals surface area contributed by atoms with Crippen LogP contribution in [0.3, 0.4) is 0 Å². The van der Waals surface area contributed by atoms with Crippen LogP contribution < -0.4 is 9.47 Å². The number of hydrogen-bond donors (Lipinski definition) is 1. The number of phenolic OH excluding ortho intramolecular Hbond substituents is 1. The van der Waals surface area contributed by atoms with Gasteiger partial charge in [0.05, 0.1) is 12.7 Å². The van der Waals surface area contributed by atoms with Gasteiger partial charge in [-0.25, -0.2) is 4.79 Å². The van der Waals surface area contributed by atoms with Crippen molar-refractivity contribution in [3.63, 3.8) is 0 Å². The van der Waals surface area contributed by atoms with Gasteiger partial charge in [0.15, 0.2) is 11.5 Å². The molecule has 120 valence electrons. The molecule has 2 heterocycles. The lowest BCUT2D eigenvalue weighted by Crippen LogP contribution is -2.02. The predicted octanol–water partition coefficient (Wildman–Crippen LogP) is 2.16. The number of esters is 1. The van der Waals surface area contributed by atoms with Crippen LogP contribution in [0.15, 0.2) is 42.9 Å². The quantitative estimate of drug-likeness (QED) is 0.721. The molecule has 0 fully saturated rings. The highest BCUT2D eigenvalue weighted by molar-refractivity contribution is 5.93. The Morgan fingerprint density at radius 2 is 1.79 bits per heavy atom. The topological polar surface area (TPSA) is 95.7 Å². The maximum absolute atomic E-state index is 11.6. The molecule has 1 aliphatic heterocycles. The van der Waals surface area contributed by atoms with Crippen LogP contribution in [-0.4, -0.2) is 33.2 Å². The first-order valence-electron chi connectivity index (χ1n) is 6.97. The third-order valence-electron chi connectivity index (χ3n) is 3.50. The fraction of sp³-hybridized carbons (Fsp3) is 0.0625. The molecular weight excluding hydrogens is 314 g/mol. The van der Waals surface area contributed by atoms with Crippen LogP contribution in [0, 0.1) is 0 Å². The second-order valence-electron chi connectivity index (χ2n) is 4.98. The van der Waals surface area contributed by atoms with E-state index in [0.717, 1.165) is 0 Å². The molecule has 8 nitrogen and oxygen atoms in total.